The Labute approximate surface area is 97.6 Å². The standard InChI is InChI=1S/C12H23NO3/c1-10(11-5-6-11)13(8-9-16-2)7-3-4-12(14)15/h10-11H,3-9H2,1-2H3,(H,14,15). The lowest BCUT2D eigenvalue weighted by atomic mass is 10.1. The lowest BCUT2D eigenvalue weighted by Gasteiger charge is -2.28. The van der Waals surface area contributed by atoms with E-state index in [0.717, 1.165) is 32.0 Å². The molecule has 1 rings (SSSR count). The van der Waals surface area contributed by atoms with Crippen molar-refractivity contribution in [2.75, 3.05) is 26.8 Å². The van der Waals surface area contributed by atoms with Crippen LogP contribution in [-0.4, -0.2) is 48.8 Å². The van der Waals surface area contributed by atoms with Crippen LogP contribution in [0.1, 0.15) is 32.6 Å². The fourth-order valence-corrected chi connectivity index (χ4v) is 2.04. The normalized spacial score (nSPS) is 17.7. The maximum absolute atomic E-state index is 10.5. The first-order valence-electron chi connectivity index (χ1n) is 6.10. The van der Waals surface area contributed by atoms with Crippen LogP contribution >= 0.6 is 0 Å². The smallest absolute Gasteiger partial charge is 0.303 e. The van der Waals surface area contributed by atoms with Crippen LogP contribution in [0.2, 0.25) is 0 Å². The second-order valence-corrected chi connectivity index (χ2v) is 4.60. The first kappa shape index (κ1) is 13.5. The van der Waals surface area contributed by atoms with Crippen LogP contribution in [0, 0.1) is 5.92 Å². The molecular weight excluding hydrogens is 206 g/mol. The number of carboxylic acids is 1. The second kappa shape index (κ2) is 6.86. The van der Waals surface area contributed by atoms with Crippen molar-refractivity contribution in [2.45, 2.75) is 38.6 Å². The van der Waals surface area contributed by atoms with E-state index in [2.05, 4.69) is 11.8 Å². The summed E-state index contributed by atoms with van der Waals surface area (Å²) in [7, 11) is 1.71. The van der Waals surface area contributed by atoms with Gasteiger partial charge in [0.25, 0.3) is 0 Å². The van der Waals surface area contributed by atoms with E-state index in [9.17, 15) is 4.79 Å². The summed E-state index contributed by atoms with van der Waals surface area (Å²) in [5.41, 5.74) is 0. The van der Waals surface area contributed by atoms with E-state index in [-0.39, 0.29) is 6.42 Å². The molecular formula is C12H23NO3. The van der Waals surface area contributed by atoms with E-state index in [0.29, 0.717) is 6.04 Å². The monoisotopic (exact) mass is 229 g/mol. The second-order valence-electron chi connectivity index (χ2n) is 4.60. The van der Waals surface area contributed by atoms with E-state index in [4.69, 9.17) is 9.84 Å². The first-order valence-corrected chi connectivity index (χ1v) is 6.10. The Morgan fingerprint density at radius 2 is 2.19 bits per heavy atom. The molecule has 1 unspecified atom stereocenters. The fraction of sp³-hybridized carbons (Fsp3) is 0.917. The minimum absolute atomic E-state index is 0.265. The van der Waals surface area contributed by atoms with Crippen LogP contribution in [0.25, 0.3) is 0 Å². The molecule has 0 spiro atoms. The SMILES string of the molecule is COCCN(CCCC(=O)O)C(C)C1CC1. The highest BCUT2D eigenvalue weighted by atomic mass is 16.5. The van der Waals surface area contributed by atoms with Gasteiger partial charge in [0.05, 0.1) is 6.61 Å². The molecule has 0 aliphatic heterocycles. The van der Waals surface area contributed by atoms with Crippen molar-refractivity contribution in [1.82, 2.24) is 4.90 Å². The van der Waals surface area contributed by atoms with Gasteiger partial charge in [0.1, 0.15) is 0 Å². The van der Waals surface area contributed by atoms with Gasteiger partial charge in [-0.25, -0.2) is 0 Å². The molecule has 1 aliphatic rings. The minimum Gasteiger partial charge on any atom is -0.481 e. The summed E-state index contributed by atoms with van der Waals surface area (Å²) in [6, 6.07) is 0.573. The number of nitrogens with zero attached hydrogens (tertiary/aromatic N) is 1. The topological polar surface area (TPSA) is 49.8 Å². The van der Waals surface area contributed by atoms with E-state index in [1.807, 2.05) is 0 Å². The van der Waals surface area contributed by atoms with Gasteiger partial charge >= 0.3 is 5.97 Å². The zero-order valence-corrected chi connectivity index (χ0v) is 10.3. The molecule has 0 radical (unpaired) electrons. The van der Waals surface area contributed by atoms with Crippen molar-refractivity contribution in [2.24, 2.45) is 5.92 Å². The van der Waals surface area contributed by atoms with Crippen molar-refractivity contribution in [3.8, 4) is 0 Å². The van der Waals surface area contributed by atoms with Gasteiger partial charge in [-0.05, 0) is 38.6 Å². The van der Waals surface area contributed by atoms with Crippen LogP contribution in [0.4, 0.5) is 0 Å². The summed E-state index contributed by atoms with van der Waals surface area (Å²) < 4.78 is 5.09. The molecule has 4 nitrogen and oxygen atoms in total. The Morgan fingerprint density at radius 1 is 1.50 bits per heavy atom. The molecule has 0 saturated heterocycles. The Hall–Kier alpha value is -0.610. The predicted octanol–water partition coefficient (Wildman–Crippen LogP) is 1.60. The highest BCUT2D eigenvalue weighted by Crippen LogP contribution is 2.35. The van der Waals surface area contributed by atoms with Crippen molar-refractivity contribution < 1.29 is 14.6 Å². The molecule has 1 atom stereocenters. The lowest BCUT2D eigenvalue weighted by Crippen LogP contribution is -2.38. The Bertz CT molecular complexity index is 216. The zero-order chi connectivity index (χ0) is 12.0. The molecule has 4 heteroatoms. The van der Waals surface area contributed by atoms with Crippen LogP contribution in [0.5, 0.6) is 0 Å². The summed E-state index contributed by atoms with van der Waals surface area (Å²) in [6.45, 7) is 4.75. The van der Waals surface area contributed by atoms with Crippen molar-refractivity contribution >= 4 is 5.97 Å². The maximum atomic E-state index is 10.5. The lowest BCUT2D eigenvalue weighted by molar-refractivity contribution is -0.137. The van der Waals surface area contributed by atoms with Crippen LogP contribution in [0.15, 0.2) is 0 Å². The highest BCUT2D eigenvalue weighted by molar-refractivity contribution is 5.66. The number of hydrogen-bond donors (Lipinski definition) is 1. The summed E-state index contributed by atoms with van der Waals surface area (Å²) in [5.74, 6) is 0.118. The fourth-order valence-electron chi connectivity index (χ4n) is 2.04. The first-order chi connectivity index (χ1) is 7.65. The van der Waals surface area contributed by atoms with Crippen molar-refractivity contribution in [3.05, 3.63) is 0 Å². The molecule has 1 aliphatic carbocycles. The van der Waals surface area contributed by atoms with E-state index in [1.165, 1.54) is 12.8 Å². The molecule has 0 aromatic heterocycles. The molecule has 0 aromatic rings. The van der Waals surface area contributed by atoms with Gasteiger partial charge in [-0.1, -0.05) is 0 Å². The quantitative estimate of drug-likeness (QED) is 0.652. The third-order valence-corrected chi connectivity index (χ3v) is 3.30. The highest BCUT2D eigenvalue weighted by Gasteiger charge is 2.31. The third-order valence-electron chi connectivity index (χ3n) is 3.30. The Balaban J connectivity index is 2.27. The molecule has 0 heterocycles. The van der Waals surface area contributed by atoms with Crippen LogP contribution < -0.4 is 0 Å². The summed E-state index contributed by atoms with van der Waals surface area (Å²) in [4.78, 5) is 12.8. The minimum atomic E-state index is -0.703. The number of hydrogen-bond acceptors (Lipinski definition) is 3. The van der Waals surface area contributed by atoms with Crippen LogP contribution in [-0.2, 0) is 9.53 Å². The van der Waals surface area contributed by atoms with E-state index in [1.54, 1.807) is 7.11 Å². The number of ether oxygens (including phenoxy) is 1. The average Bonchev–Trinajstić information content (AvgIpc) is 3.05. The van der Waals surface area contributed by atoms with Gasteiger partial charge in [0.15, 0.2) is 0 Å². The maximum Gasteiger partial charge on any atom is 0.303 e. The average molecular weight is 229 g/mol. The van der Waals surface area contributed by atoms with Gasteiger partial charge in [-0.3, -0.25) is 9.69 Å². The molecule has 0 aromatic carbocycles. The summed E-state index contributed by atoms with van der Waals surface area (Å²) >= 11 is 0. The number of carboxylic acid groups (broad SMARTS) is 1. The van der Waals surface area contributed by atoms with Crippen molar-refractivity contribution in [1.29, 1.82) is 0 Å². The van der Waals surface area contributed by atoms with Gasteiger partial charge in [0.2, 0.25) is 0 Å². The number of methoxy groups -OCH3 is 1. The molecule has 1 saturated carbocycles. The zero-order valence-electron chi connectivity index (χ0n) is 10.3. The molecule has 94 valence electrons. The third kappa shape index (κ3) is 4.94. The molecule has 0 bridgehead atoms. The van der Waals surface area contributed by atoms with Gasteiger partial charge < -0.3 is 9.84 Å². The van der Waals surface area contributed by atoms with Gasteiger partial charge in [0, 0.05) is 26.1 Å². The molecule has 16 heavy (non-hydrogen) atoms. The molecule has 0 amide bonds. The molecule has 1 fully saturated rings. The number of rotatable bonds is 9. The Kier molecular flexibility index (Phi) is 5.77. The largest absolute Gasteiger partial charge is 0.481 e. The number of carbonyl (C=O) groups is 1. The summed E-state index contributed by atoms with van der Waals surface area (Å²) in [6.07, 6.45) is 3.64. The van der Waals surface area contributed by atoms with Gasteiger partial charge in [-0.15, -0.1) is 0 Å². The van der Waals surface area contributed by atoms with E-state index >= 15 is 0 Å². The Morgan fingerprint density at radius 3 is 2.69 bits per heavy atom. The predicted molar refractivity (Wildman–Crippen MR) is 62.5 cm³/mol. The van der Waals surface area contributed by atoms with Crippen LogP contribution in [0.3, 0.4) is 0 Å². The molecule has 1 N–H and O–H groups in total. The number of aliphatic carboxylic acids is 1. The van der Waals surface area contributed by atoms with Crippen molar-refractivity contribution in [3.63, 3.8) is 0 Å². The van der Waals surface area contributed by atoms with E-state index < -0.39 is 5.97 Å². The summed E-state index contributed by atoms with van der Waals surface area (Å²) in [5, 5.41) is 8.62. The van der Waals surface area contributed by atoms with Gasteiger partial charge in [-0.2, -0.15) is 0 Å².